The van der Waals surface area contributed by atoms with Gasteiger partial charge in [-0.2, -0.15) is 0 Å². The molecule has 0 radical (unpaired) electrons. The highest BCUT2D eigenvalue weighted by Gasteiger charge is 2.20. The molecule has 2 aromatic carbocycles. The third-order valence-corrected chi connectivity index (χ3v) is 3.70. The molecule has 0 aliphatic carbocycles. The fourth-order valence-corrected chi connectivity index (χ4v) is 2.46. The highest BCUT2D eigenvalue weighted by molar-refractivity contribution is 6.04. The van der Waals surface area contributed by atoms with Crippen LogP contribution in [0.2, 0.25) is 0 Å². The Kier molecular flexibility index (Phi) is 6.28. The van der Waals surface area contributed by atoms with Crippen LogP contribution in [-0.2, 0) is 16.0 Å². The summed E-state index contributed by atoms with van der Waals surface area (Å²) in [7, 11) is 0. The molecule has 6 nitrogen and oxygen atoms in total. The van der Waals surface area contributed by atoms with Crippen LogP contribution in [0.3, 0.4) is 0 Å². The van der Waals surface area contributed by atoms with Crippen molar-refractivity contribution in [2.45, 2.75) is 25.8 Å². The van der Waals surface area contributed by atoms with Gasteiger partial charge in [-0.1, -0.05) is 42.5 Å². The number of anilines is 1. The molecule has 0 saturated heterocycles. The van der Waals surface area contributed by atoms with Gasteiger partial charge in [0.05, 0.1) is 11.3 Å². The van der Waals surface area contributed by atoms with E-state index in [1.165, 1.54) is 6.92 Å². The largest absolute Gasteiger partial charge is 0.368 e. The summed E-state index contributed by atoms with van der Waals surface area (Å²) in [5, 5.41) is 5.25. The standard InChI is InChI=1S/C19H21N3O3/c1-13(23)21-16-10-6-5-9-15(16)19(25)22-17(18(20)24)12-11-14-7-3-2-4-8-14/h2-10,17H,11-12H2,1H3,(H2,20,24)(H,21,23)(H,22,25)/t17-/m1/s1. The average Bonchev–Trinajstić information content (AvgIpc) is 2.59. The highest BCUT2D eigenvalue weighted by atomic mass is 16.2. The number of benzene rings is 2. The summed E-state index contributed by atoms with van der Waals surface area (Å²) >= 11 is 0. The topological polar surface area (TPSA) is 101 Å². The van der Waals surface area contributed by atoms with E-state index in [1.54, 1.807) is 24.3 Å². The first-order chi connectivity index (χ1) is 12.0. The first-order valence-corrected chi connectivity index (χ1v) is 7.98. The van der Waals surface area contributed by atoms with Crippen LogP contribution in [0.15, 0.2) is 54.6 Å². The number of nitrogens with two attached hydrogens (primary N) is 1. The van der Waals surface area contributed by atoms with Gasteiger partial charge in [0, 0.05) is 6.92 Å². The predicted molar refractivity (Wildman–Crippen MR) is 96.0 cm³/mol. The molecule has 2 rings (SSSR count). The van der Waals surface area contributed by atoms with Gasteiger partial charge in [0.25, 0.3) is 5.91 Å². The summed E-state index contributed by atoms with van der Waals surface area (Å²) in [5.41, 5.74) is 7.15. The Labute approximate surface area is 146 Å². The van der Waals surface area contributed by atoms with Crippen LogP contribution in [-0.4, -0.2) is 23.8 Å². The Morgan fingerprint density at radius 1 is 1.00 bits per heavy atom. The van der Waals surface area contributed by atoms with Crippen molar-refractivity contribution in [3.8, 4) is 0 Å². The lowest BCUT2D eigenvalue weighted by molar-refractivity contribution is -0.120. The Morgan fingerprint density at radius 2 is 1.64 bits per heavy atom. The van der Waals surface area contributed by atoms with Crippen LogP contribution in [0.1, 0.15) is 29.3 Å². The smallest absolute Gasteiger partial charge is 0.254 e. The van der Waals surface area contributed by atoms with Crippen molar-refractivity contribution in [3.05, 3.63) is 65.7 Å². The van der Waals surface area contributed by atoms with Crippen LogP contribution >= 0.6 is 0 Å². The zero-order valence-electron chi connectivity index (χ0n) is 14.0. The highest BCUT2D eigenvalue weighted by Crippen LogP contribution is 2.15. The number of amides is 3. The molecule has 0 unspecified atom stereocenters. The van der Waals surface area contributed by atoms with Crippen molar-refractivity contribution < 1.29 is 14.4 Å². The van der Waals surface area contributed by atoms with Gasteiger partial charge in [0.2, 0.25) is 11.8 Å². The SMILES string of the molecule is CC(=O)Nc1ccccc1C(=O)N[C@H](CCc1ccccc1)C(N)=O. The second-order valence-corrected chi connectivity index (χ2v) is 5.68. The minimum Gasteiger partial charge on any atom is -0.368 e. The lowest BCUT2D eigenvalue weighted by Crippen LogP contribution is -2.44. The molecule has 1 atom stereocenters. The van der Waals surface area contributed by atoms with Crippen molar-refractivity contribution in [1.82, 2.24) is 5.32 Å². The molecule has 0 aliphatic rings. The molecule has 2 aromatic rings. The molecule has 3 amide bonds. The normalized spacial score (nSPS) is 11.4. The number of hydrogen-bond acceptors (Lipinski definition) is 3. The van der Waals surface area contributed by atoms with Crippen molar-refractivity contribution >= 4 is 23.4 Å². The predicted octanol–water partition coefficient (Wildman–Crippen LogP) is 1.86. The third-order valence-electron chi connectivity index (χ3n) is 3.70. The zero-order valence-corrected chi connectivity index (χ0v) is 14.0. The quantitative estimate of drug-likeness (QED) is 0.717. The molecular formula is C19H21N3O3. The van der Waals surface area contributed by atoms with Gasteiger partial charge in [0.1, 0.15) is 6.04 Å². The van der Waals surface area contributed by atoms with Crippen molar-refractivity contribution in [1.29, 1.82) is 0 Å². The van der Waals surface area contributed by atoms with Gasteiger partial charge in [-0.15, -0.1) is 0 Å². The molecular weight excluding hydrogens is 318 g/mol. The number of hydrogen-bond donors (Lipinski definition) is 3. The van der Waals surface area contributed by atoms with E-state index < -0.39 is 17.9 Å². The van der Waals surface area contributed by atoms with E-state index in [1.807, 2.05) is 30.3 Å². The van der Waals surface area contributed by atoms with Crippen molar-refractivity contribution in [2.75, 3.05) is 5.32 Å². The van der Waals surface area contributed by atoms with Crippen molar-refractivity contribution in [3.63, 3.8) is 0 Å². The Morgan fingerprint density at radius 3 is 2.28 bits per heavy atom. The summed E-state index contributed by atoms with van der Waals surface area (Å²) in [6, 6.07) is 15.4. The van der Waals surface area contributed by atoms with E-state index in [-0.39, 0.29) is 11.5 Å². The minimum atomic E-state index is -0.793. The third kappa shape index (κ3) is 5.46. The maximum absolute atomic E-state index is 12.5. The fourth-order valence-electron chi connectivity index (χ4n) is 2.46. The van der Waals surface area contributed by atoms with E-state index in [2.05, 4.69) is 10.6 Å². The fraction of sp³-hybridized carbons (Fsp3) is 0.211. The number of primary amides is 1. The van der Waals surface area contributed by atoms with E-state index >= 15 is 0 Å². The number of rotatable bonds is 7. The van der Waals surface area contributed by atoms with Gasteiger partial charge < -0.3 is 16.4 Å². The zero-order chi connectivity index (χ0) is 18.2. The number of aryl methyl sites for hydroxylation is 1. The summed E-state index contributed by atoms with van der Waals surface area (Å²) < 4.78 is 0. The lowest BCUT2D eigenvalue weighted by atomic mass is 10.0. The molecule has 4 N–H and O–H groups in total. The van der Waals surface area contributed by atoms with Crippen LogP contribution in [0.25, 0.3) is 0 Å². The molecule has 0 saturated carbocycles. The number of nitrogens with one attached hydrogen (secondary N) is 2. The molecule has 0 aromatic heterocycles. The maximum atomic E-state index is 12.5. The number of carbonyl (C=O) groups is 3. The summed E-state index contributed by atoms with van der Waals surface area (Å²) in [5.74, 6) is -1.33. The Balaban J connectivity index is 2.08. The maximum Gasteiger partial charge on any atom is 0.254 e. The Hall–Kier alpha value is -3.15. The van der Waals surface area contributed by atoms with Gasteiger partial charge in [0.15, 0.2) is 0 Å². The van der Waals surface area contributed by atoms with Crippen LogP contribution < -0.4 is 16.4 Å². The molecule has 130 valence electrons. The number of para-hydroxylation sites is 1. The van der Waals surface area contributed by atoms with E-state index in [0.717, 1.165) is 5.56 Å². The molecule has 6 heteroatoms. The molecule has 0 aliphatic heterocycles. The first kappa shape index (κ1) is 18.2. The van der Waals surface area contributed by atoms with E-state index in [4.69, 9.17) is 5.73 Å². The molecule has 0 heterocycles. The summed E-state index contributed by atoms with van der Waals surface area (Å²) in [6.07, 6.45) is 1.01. The number of carbonyl (C=O) groups excluding carboxylic acids is 3. The lowest BCUT2D eigenvalue weighted by Gasteiger charge is -2.17. The van der Waals surface area contributed by atoms with Gasteiger partial charge in [-0.3, -0.25) is 14.4 Å². The summed E-state index contributed by atoms with van der Waals surface area (Å²) in [4.78, 5) is 35.5. The van der Waals surface area contributed by atoms with Gasteiger partial charge >= 0.3 is 0 Å². The van der Waals surface area contributed by atoms with E-state index in [0.29, 0.717) is 18.5 Å². The molecule has 0 fully saturated rings. The Bertz CT molecular complexity index is 760. The van der Waals surface area contributed by atoms with Gasteiger partial charge in [-0.05, 0) is 30.5 Å². The monoisotopic (exact) mass is 339 g/mol. The summed E-state index contributed by atoms with van der Waals surface area (Å²) in [6.45, 7) is 1.36. The minimum absolute atomic E-state index is 0.281. The average molecular weight is 339 g/mol. The van der Waals surface area contributed by atoms with Gasteiger partial charge in [-0.25, -0.2) is 0 Å². The van der Waals surface area contributed by atoms with Crippen LogP contribution in [0.4, 0.5) is 5.69 Å². The van der Waals surface area contributed by atoms with Crippen molar-refractivity contribution in [2.24, 2.45) is 5.73 Å². The van der Waals surface area contributed by atoms with Crippen LogP contribution in [0, 0.1) is 0 Å². The van der Waals surface area contributed by atoms with E-state index in [9.17, 15) is 14.4 Å². The first-order valence-electron chi connectivity index (χ1n) is 7.98. The van der Waals surface area contributed by atoms with Crippen LogP contribution in [0.5, 0.6) is 0 Å². The molecule has 0 bridgehead atoms. The molecule has 25 heavy (non-hydrogen) atoms. The second-order valence-electron chi connectivity index (χ2n) is 5.68. The second kappa shape index (κ2) is 8.63. The molecule has 0 spiro atoms.